The summed E-state index contributed by atoms with van der Waals surface area (Å²) in [4.78, 5) is 14.6. The number of hydrogen-bond donors (Lipinski definition) is 2. The Balaban J connectivity index is 2.15. The molecular weight excluding hydrogens is 319 g/mol. The lowest BCUT2D eigenvalue weighted by Gasteiger charge is -2.11. The SMILES string of the molecule is CC(=O)Nc1ccc(Nc2ncc(C(F)(F)F)cc2Cl)cc1. The number of benzene rings is 1. The maximum atomic E-state index is 12.5. The van der Waals surface area contributed by atoms with Crippen molar-refractivity contribution in [3.05, 3.63) is 47.1 Å². The zero-order valence-corrected chi connectivity index (χ0v) is 12.1. The molecule has 0 atom stereocenters. The van der Waals surface area contributed by atoms with Crippen LogP contribution in [0.5, 0.6) is 0 Å². The zero-order chi connectivity index (χ0) is 16.3. The van der Waals surface area contributed by atoms with Crippen LogP contribution < -0.4 is 10.6 Å². The molecular formula is C14H11ClF3N3O. The first-order valence-electron chi connectivity index (χ1n) is 6.13. The van der Waals surface area contributed by atoms with Gasteiger partial charge < -0.3 is 10.6 Å². The molecule has 0 aliphatic heterocycles. The van der Waals surface area contributed by atoms with Crippen molar-refractivity contribution in [3.8, 4) is 0 Å². The number of pyridine rings is 1. The number of aromatic nitrogens is 1. The van der Waals surface area contributed by atoms with Crippen LogP contribution in [0.2, 0.25) is 5.02 Å². The van der Waals surface area contributed by atoms with Crippen LogP contribution in [0.1, 0.15) is 12.5 Å². The Kier molecular flexibility index (Phi) is 4.56. The highest BCUT2D eigenvalue weighted by atomic mass is 35.5. The van der Waals surface area contributed by atoms with Gasteiger partial charge in [-0.25, -0.2) is 4.98 Å². The Morgan fingerprint density at radius 1 is 1.18 bits per heavy atom. The molecule has 8 heteroatoms. The van der Waals surface area contributed by atoms with Gasteiger partial charge in [0.05, 0.1) is 10.6 Å². The highest BCUT2D eigenvalue weighted by Crippen LogP contribution is 2.33. The van der Waals surface area contributed by atoms with E-state index in [2.05, 4.69) is 15.6 Å². The molecule has 4 nitrogen and oxygen atoms in total. The summed E-state index contributed by atoms with van der Waals surface area (Å²) in [6.07, 6.45) is -3.78. The van der Waals surface area contributed by atoms with Gasteiger partial charge in [0.25, 0.3) is 0 Å². The fraction of sp³-hybridized carbons (Fsp3) is 0.143. The topological polar surface area (TPSA) is 54.0 Å². The summed E-state index contributed by atoms with van der Waals surface area (Å²) in [5, 5.41) is 5.27. The van der Waals surface area contributed by atoms with Gasteiger partial charge in [-0.15, -0.1) is 0 Å². The van der Waals surface area contributed by atoms with Crippen LogP contribution in [-0.2, 0) is 11.0 Å². The summed E-state index contributed by atoms with van der Waals surface area (Å²) >= 11 is 5.80. The van der Waals surface area contributed by atoms with Crippen molar-refractivity contribution in [1.29, 1.82) is 0 Å². The molecule has 1 heterocycles. The van der Waals surface area contributed by atoms with Crippen LogP contribution in [0.15, 0.2) is 36.5 Å². The van der Waals surface area contributed by atoms with E-state index in [0.29, 0.717) is 17.6 Å². The van der Waals surface area contributed by atoms with Crippen molar-refractivity contribution in [3.63, 3.8) is 0 Å². The summed E-state index contributed by atoms with van der Waals surface area (Å²) in [5.41, 5.74) is 0.261. The van der Waals surface area contributed by atoms with Crippen LogP contribution in [0.25, 0.3) is 0 Å². The number of hydrogen-bond acceptors (Lipinski definition) is 3. The van der Waals surface area contributed by atoms with Gasteiger partial charge in [0.1, 0.15) is 5.82 Å². The van der Waals surface area contributed by atoms with E-state index < -0.39 is 11.7 Å². The van der Waals surface area contributed by atoms with E-state index in [9.17, 15) is 18.0 Å². The van der Waals surface area contributed by atoms with E-state index in [1.807, 2.05) is 0 Å². The Bertz CT molecular complexity index is 687. The number of carbonyl (C=O) groups is 1. The monoisotopic (exact) mass is 329 g/mol. The van der Waals surface area contributed by atoms with E-state index in [1.54, 1.807) is 24.3 Å². The molecule has 116 valence electrons. The smallest absolute Gasteiger partial charge is 0.339 e. The molecule has 1 amide bonds. The fourth-order valence-corrected chi connectivity index (χ4v) is 1.88. The number of amides is 1. The van der Waals surface area contributed by atoms with Gasteiger partial charge in [0.15, 0.2) is 0 Å². The molecule has 0 radical (unpaired) electrons. The number of anilines is 3. The molecule has 0 saturated carbocycles. The summed E-state index contributed by atoms with van der Waals surface area (Å²) in [5.74, 6) is -0.0879. The Hall–Kier alpha value is -2.28. The lowest BCUT2D eigenvalue weighted by atomic mass is 10.2. The second kappa shape index (κ2) is 6.23. The predicted molar refractivity (Wildman–Crippen MR) is 78.3 cm³/mol. The summed E-state index contributed by atoms with van der Waals surface area (Å²) in [7, 11) is 0. The third kappa shape index (κ3) is 4.11. The first-order chi connectivity index (χ1) is 10.3. The molecule has 0 aliphatic carbocycles. The van der Waals surface area contributed by atoms with Gasteiger partial charge in [-0.1, -0.05) is 11.6 Å². The van der Waals surface area contributed by atoms with Crippen LogP contribution in [-0.4, -0.2) is 10.9 Å². The Morgan fingerprint density at radius 3 is 2.27 bits per heavy atom. The highest BCUT2D eigenvalue weighted by Gasteiger charge is 2.31. The van der Waals surface area contributed by atoms with E-state index in [-0.39, 0.29) is 16.7 Å². The molecule has 0 bridgehead atoms. The van der Waals surface area contributed by atoms with Crippen molar-refractivity contribution in [2.75, 3.05) is 10.6 Å². The van der Waals surface area contributed by atoms with Crippen LogP contribution in [0, 0.1) is 0 Å². The molecule has 2 rings (SSSR count). The third-order valence-electron chi connectivity index (χ3n) is 2.64. The van der Waals surface area contributed by atoms with Gasteiger partial charge in [-0.3, -0.25) is 4.79 Å². The van der Waals surface area contributed by atoms with Gasteiger partial charge >= 0.3 is 6.18 Å². The van der Waals surface area contributed by atoms with Crippen molar-refractivity contribution in [2.24, 2.45) is 0 Å². The first-order valence-corrected chi connectivity index (χ1v) is 6.51. The molecule has 0 aliphatic rings. The van der Waals surface area contributed by atoms with Crippen LogP contribution in [0.3, 0.4) is 0 Å². The van der Waals surface area contributed by atoms with Gasteiger partial charge in [-0.2, -0.15) is 13.2 Å². The van der Waals surface area contributed by atoms with E-state index in [0.717, 1.165) is 6.07 Å². The Labute approximate surface area is 129 Å². The lowest BCUT2D eigenvalue weighted by molar-refractivity contribution is -0.137. The van der Waals surface area contributed by atoms with Crippen molar-refractivity contribution < 1.29 is 18.0 Å². The second-order valence-corrected chi connectivity index (χ2v) is 4.84. The summed E-state index contributed by atoms with van der Waals surface area (Å²) < 4.78 is 37.6. The van der Waals surface area contributed by atoms with Gasteiger partial charge in [0, 0.05) is 24.5 Å². The fourth-order valence-electron chi connectivity index (χ4n) is 1.66. The number of carbonyl (C=O) groups excluding carboxylic acids is 1. The second-order valence-electron chi connectivity index (χ2n) is 4.44. The molecule has 1 aromatic carbocycles. The molecule has 0 unspecified atom stereocenters. The molecule has 0 spiro atoms. The van der Waals surface area contributed by atoms with Gasteiger partial charge in [-0.05, 0) is 30.3 Å². The largest absolute Gasteiger partial charge is 0.417 e. The standard InChI is InChI=1S/C14H11ClF3N3O/c1-8(22)20-10-2-4-11(5-3-10)21-13-12(15)6-9(7-19-13)14(16,17)18/h2-7H,1H3,(H,19,21)(H,20,22). The zero-order valence-electron chi connectivity index (χ0n) is 11.3. The Morgan fingerprint density at radius 2 is 1.77 bits per heavy atom. The molecule has 1 aromatic heterocycles. The van der Waals surface area contributed by atoms with Crippen molar-refractivity contribution in [1.82, 2.24) is 4.98 Å². The minimum absolute atomic E-state index is 0.113. The van der Waals surface area contributed by atoms with Crippen molar-refractivity contribution >= 4 is 34.7 Å². The predicted octanol–water partition coefficient (Wildman–Crippen LogP) is 4.46. The lowest BCUT2D eigenvalue weighted by Crippen LogP contribution is -2.07. The number of alkyl halides is 3. The normalized spacial score (nSPS) is 11.1. The maximum Gasteiger partial charge on any atom is 0.417 e. The average Bonchev–Trinajstić information content (AvgIpc) is 2.41. The minimum atomic E-state index is -4.49. The number of halogens is 4. The van der Waals surface area contributed by atoms with Gasteiger partial charge in [0.2, 0.25) is 5.91 Å². The van der Waals surface area contributed by atoms with Crippen molar-refractivity contribution in [2.45, 2.75) is 13.1 Å². The van der Waals surface area contributed by atoms with Crippen LogP contribution in [0.4, 0.5) is 30.4 Å². The third-order valence-corrected chi connectivity index (χ3v) is 2.92. The number of nitrogens with zero attached hydrogens (tertiary/aromatic N) is 1. The summed E-state index contributed by atoms with van der Waals surface area (Å²) in [6, 6.07) is 7.37. The average molecular weight is 330 g/mol. The number of rotatable bonds is 3. The minimum Gasteiger partial charge on any atom is -0.339 e. The molecule has 2 aromatic rings. The van der Waals surface area contributed by atoms with E-state index >= 15 is 0 Å². The molecule has 2 N–H and O–H groups in total. The maximum absolute atomic E-state index is 12.5. The quantitative estimate of drug-likeness (QED) is 0.874. The molecule has 22 heavy (non-hydrogen) atoms. The molecule has 0 saturated heterocycles. The molecule has 0 fully saturated rings. The van der Waals surface area contributed by atoms with E-state index in [4.69, 9.17) is 11.6 Å². The number of nitrogens with one attached hydrogen (secondary N) is 2. The highest BCUT2D eigenvalue weighted by molar-refractivity contribution is 6.33. The summed E-state index contributed by atoms with van der Waals surface area (Å²) in [6.45, 7) is 1.39. The first kappa shape index (κ1) is 16.1. The van der Waals surface area contributed by atoms with Crippen LogP contribution >= 0.6 is 11.6 Å². The van der Waals surface area contributed by atoms with E-state index in [1.165, 1.54) is 6.92 Å².